The predicted octanol–water partition coefficient (Wildman–Crippen LogP) is 5.26. The largest absolute Gasteiger partial charge is 0.368 e. The molecule has 0 spiro atoms. The van der Waals surface area contributed by atoms with Crippen molar-refractivity contribution in [3.63, 3.8) is 0 Å². The maximum absolute atomic E-state index is 12.4. The molecule has 3 fully saturated rings. The molecular weight excluding hydrogens is 431 g/mol. The van der Waals surface area contributed by atoms with Crippen LogP contribution < -0.4 is 10.2 Å². The summed E-state index contributed by atoms with van der Waals surface area (Å²) in [6.07, 6.45) is 9.58. The summed E-state index contributed by atoms with van der Waals surface area (Å²) < 4.78 is 0. The van der Waals surface area contributed by atoms with E-state index in [9.17, 15) is 4.79 Å². The van der Waals surface area contributed by atoms with E-state index >= 15 is 0 Å². The molecular formula is C24H36Cl2N4O. The van der Waals surface area contributed by atoms with E-state index < -0.39 is 0 Å². The third-order valence-corrected chi connectivity index (χ3v) is 8.12. The van der Waals surface area contributed by atoms with Crippen molar-refractivity contribution in [3.8, 4) is 0 Å². The summed E-state index contributed by atoms with van der Waals surface area (Å²) in [5.41, 5.74) is 1.05. The topological polar surface area (TPSA) is 38.8 Å². The summed E-state index contributed by atoms with van der Waals surface area (Å²) in [7, 11) is 0. The molecule has 0 unspecified atom stereocenters. The molecule has 0 radical (unpaired) electrons. The number of nitrogens with one attached hydrogen (secondary N) is 1. The molecule has 2 saturated heterocycles. The van der Waals surface area contributed by atoms with Crippen molar-refractivity contribution in [1.82, 2.24) is 15.1 Å². The van der Waals surface area contributed by atoms with Crippen molar-refractivity contribution in [2.45, 2.75) is 57.4 Å². The van der Waals surface area contributed by atoms with Crippen molar-refractivity contribution in [2.24, 2.45) is 5.92 Å². The summed E-state index contributed by atoms with van der Waals surface area (Å²) in [6.45, 7) is 7.17. The molecule has 172 valence electrons. The highest BCUT2D eigenvalue weighted by atomic mass is 35.5. The number of amides is 2. The van der Waals surface area contributed by atoms with Gasteiger partial charge in [0.1, 0.15) is 0 Å². The fourth-order valence-electron chi connectivity index (χ4n) is 5.27. The molecule has 0 bridgehead atoms. The van der Waals surface area contributed by atoms with Crippen LogP contribution in [0.5, 0.6) is 0 Å². The minimum absolute atomic E-state index is 0.167. The van der Waals surface area contributed by atoms with E-state index in [4.69, 9.17) is 23.2 Å². The van der Waals surface area contributed by atoms with Crippen LogP contribution in [0, 0.1) is 5.92 Å². The number of likely N-dealkylation sites (tertiary alicyclic amines) is 1. The number of piperidine rings is 1. The van der Waals surface area contributed by atoms with E-state index in [2.05, 4.69) is 21.2 Å². The van der Waals surface area contributed by atoms with E-state index in [1.54, 1.807) is 0 Å². The maximum Gasteiger partial charge on any atom is 0.317 e. The van der Waals surface area contributed by atoms with Crippen LogP contribution >= 0.6 is 23.2 Å². The van der Waals surface area contributed by atoms with Crippen LogP contribution in [0.15, 0.2) is 18.2 Å². The molecule has 1 N–H and O–H groups in total. The standard InChI is InChI=1S/C24H36Cl2N4O/c25-21-5-4-6-22(23(21)26)29-17-15-28(16-18-29)14-11-19-7-9-20(10-8-19)27-24(31)30-12-2-1-3-13-30/h4-6,19-20H,1-3,7-18H2,(H,27,31)/t19-,20-. The molecule has 1 saturated carbocycles. The first-order valence-electron chi connectivity index (χ1n) is 12.1. The first-order chi connectivity index (χ1) is 15.1. The van der Waals surface area contributed by atoms with Gasteiger partial charge in [-0.2, -0.15) is 0 Å². The molecule has 0 aromatic heterocycles. The first kappa shape index (κ1) is 23.0. The van der Waals surface area contributed by atoms with Crippen LogP contribution in [0.25, 0.3) is 0 Å². The molecule has 4 rings (SSSR count). The minimum atomic E-state index is 0.167. The lowest BCUT2D eigenvalue weighted by molar-refractivity contribution is 0.173. The van der Waals surface area contributed by atoms with E-state index in [0.717, 1.165) is 76.6 Å². The van der Waals surface area contributed by atoms with Crippen LogP contribution in [-0.2, 0) is 0 Å². The molecule has 2 amide bonds. The first-order valence-corrected chi connectivity index (χ1v) is 12.8. The Morgan fingerprint density at radius 3 is 2.35 bits per heavy atom. The van der Waals surface area contributed by atoms with Gasteiger partial charge in [0.2, 0.25) is 0 Å². The van der Waals surface area contributed by atoms with Gasteiger partial charge >= 0.3 is 6.03 Å². The van der Waals surface area contributed by atoms with E-state index in [1.807, 2.05) is 17.0 Å². The zero-order chi connectivity index (χ0) is 21.6. The van der Waals surface area contributed by atoms with Crippen LogP contribution in [0.1, 0.15) is 51.4 Å². The highest BCUT2D eigenvalue weighted by Gasteiger charge is 2.26. The molecule has 0 atom stereocenters. The number of urea groups is 1. The lowest BCUT2D eigenvalue weighted by atomic mass is 9.84. The summed E-state index contributed by atoms with van der Waals surface area (Å²) in [6, 6.07) is 6.42. The second-order valence-corrected chi connectivity index (χ2v) is 10.2. The van der Waals surface area contributed by atoms with Crippen LogP contribution in [0.2, 0.25) is 10.0 Å². The molecule has 5 nitrogen and oxygen atoms in total. The van der Waals surface area contributed by atoms with Gasteiger partial charge in [-0.25, -0.2) is 4.79 Å². The van der Waals surface area contributed by atoms with Gasteiger partial charge in [0, 0.05) is 45.3 Å². The molecule has 1 aromatic carbocycles. The smallest absolute Gasteiger partial charge is 0.317 e. The molecule has 7 heteroatoms. The fraction of sp³-hybridized carbons (Fsp3) is 0.708. The summed E-state index contributed by atoms with van der Waals surface area (Å²) in [5, 5.41) is 4.59. The third kappa shape index (κ3) is 6.21. The van der Waals surface area contributed by atoms with Crippen molar-refractivity contribution in [1.29, 1.82) is 0 Å². The van der Waals surface area contributed by atoms with Gasteiger partial charge in [0.15, 0.2) is 0 Å². The van der Waals surface area contributed by atoms with Gasteiger partial charge in [-0.05, 0) is 76.0 Å². The third-order valence-electron chi connectivity index (χ3n) is 7.32. The number of rotatable bonds is 5. The second kappa shape index (κ2) is 11.1. The Morgan fingerprint density at radius 2 is 1.65 bits per heavy atom. The Morgan fingerprint density at radius 1 is 0.935 bits per heavy atom. The number of halogens is 2. The number of carbonyl (C=O) groups excluding carboxylic acids is 1. The fourth-order valence-corrected chi connectivity index (χ4v) is 5.69. The zero-order valence-electron chi connectivity index (χ0n) is 18.5. The van der Waals surface area contributed by atoms with Gasteiger partial charge in [0.25, 0.3) is 0 Å². The Balaban J connectivity index is 1.13. The van der Waals surface area contributed by atoms with Crippen molar-refractivity contribution in [2.75, 3.05) is 50.7 Å². The summed E-state index contributed by atoms with van der Waals surface area (Å²) >= 11 is 12.6. The number of hydrogen-bond donors (Lipinski definition) is 1. The average molecular weight is 467 g/mol. The number of carbonyl (C=O) groups is 1. The summed E-state index contributed by atoms with van der Waals surface area (Å²) in [4.78, 5) is 19.4. The Kier molecular flexibility index (Phi) is 8.24. The molecule has 2 heterocycles. The van der Waals surface area contributed by atoms with Gasteiger partial charge in [-0.3, -0.25) is 4.90 Å². The Bertz CT molecular complexity index is 724. The van der Waals surface area contributed by atoms with Crippen LogP contribution in [0.4, 0.5) is 10.5 Å². The zero-order valence-corrected chi connectivity index (χ0v) is 20.0. The average Bonchev–Trinajstić information content (AvgIpc) is 2.81. The van der Waals surface area contributed by atoms with E-state index in [1.165, 1.54) is 32.2 Å². The summed E-state index contributed by atoms with van der Waals surface area (Å²) in [5.74, 6) is 0.795. The van der Waals surface area contributed by atoms with Crippen molar-refractivity contribution >= 4 is 34.9 Å². The Hall–Kier alpha value is -1.17. The monoisotopic (exact) mass is 466 g/mol. The lowest BCUT2D eigenvalue weighted by Crippen LogP contribution is -2.48. The van der Waals surface area contributed by atoms with Crippen molar-refractivity contribution in [3.05, 3.63) is 28.2 Å². The van der Waals surface area contributed by atoms with Crippen LogP contribution in [-0.4, -0.2) is 67.7 Å². The molecule has 3 aliphatic rings. The predicted molar refractivity (Wildman–Crippen MR) is 129 cm³/mol. The Labute approximate surface area is 197 Å². The number of anilines is 1. The number of hydrogen-bond acceptors (Lipinski definition) is 3. The molecule has 2 aliphatic heterocycles. The maximum atomic E-state index is 12.4. The van der Waals surface area contributed by atoms with Gasteiger partial charge in [-0.1, -0.05) is 29.3 Å². The SMILES string of the molecule is O=C(N[C@H]1CC[C@H](CCN2CCN(c3cccc(Cl)c3Cl)CC2)CC1)N1CCCCC1. The number of piperazine rings is 1. The quantitative estimate of drug-likeness (QED) is 0.642. The van der Waals surface area contributed by atoms with Gasteiger partial charge < -0.3 is 15.1 Å². The van der Waals surface area contributed by atoms with Crippen molar-refractivity contribution < 1.29 is 4.79 Å². The van der Waals surface area contributed by atoms with E-state index in [-0.39, 0.29) is 6.03 Å². The van der Waals surface area contributed by atoms with Gasteiger partial charge in [0.05, 0.1) is 15.7 Å². The molecule has 31 heavy (non-hydrogen) atoms. The molecule has 1 aliphatic carbocycles. The van der Waals surface area contributed by atoms with Crippen LogP contribution in [0.3, 0.4) is 0 Å². The van der Waals surface area contributed by atoms with Gasteiger partial charge in [-0.15, -0.1) is 0 Å². The highest BCUT2D eigenvalue weighted by Crippen LogP contribution is 2.33. The minimum Gasteiger partial charge on any atom is -0.368 e. The second-order valence-electron chi connectivity index (χ2n) is 9.41. The lowest BCUT2D eigenvalue weighted by Gasteiger charge is -2.38. The number of benzene rings is 1. The number of nitrogens with zero attached hydrogens (tertiary/aromatic N) is 3. The normalized spacial score (nSPS) is 25.5. The van der Waals surface area contributed by atoms with E-state index in [0.29, 0.717) is 16.1 Å². The highest BCUT2D eigenvalue weighted by molar-refractivity contribution is 6.43. The molecule has 1 aromatic rings.